The zero-order chi connectivity index (χ0) is 14.2. The van der Waals surface area contributed by atoms with Crippen LogP contribution in [0, 0.1) is 0 Å². The molecule has 1 heterocycles. The molecule has 1 aliphatic heterocycles. The van der Waals surface area contributed by atoms with Crippen LogP contribution in [0.5, 0.6) is 5.75 Å². The van der Waals surface area contributed by atoms with Gasteiger partial charge < -0.3 is 9.29 Å². The van der Waals surface area contributed by atoms with Gasteiger partial charge in [-0.25, -0.2) is 0 Å². The summed E-state index contributed by atoms with van der Waals surface area (Å²) in [6.45, 7) is 6.14. The highest BCUT2D eigenvalue weighted by atomic mass is 35.5. The molecule has 1 aromatic carbocycles. The van der Waals surface area contributed by atoms with Crippen molar-refractivity contribution in [2.45, 2.75) is 31.9 Å². The summed E-state index contributed by atoms with van der Waals surface area (Å²) >= 11 is 10.8. The standard InChI is InChI=1S/C13H15Cl2NO2S/c1-13(2,3)19(17)16-11-4-5-18-12-9(11)6-8(14)7-10(12)15/h6-7H,4-5H2,1-3H3. The predicted molar refractivity (Wildman–Crippen MR) is 81.0 cm³/mol. The Morgan fingerprint density at radius 2 is 2.00 bits per heavy atom. The van der Waals surface area contributed by atoms with E-state index in [1.165, 1.54) is 0 Å². The average Bonchev–Trinajstić information content (AvgIpc) is 2.28. The van der Waals surface area contributed by atoms with E-state index in [9.17, 15) is 4.55 Å². The van der Waals surface area contributed by atoms with E-state index in [4.69, 9.17) is 27.9 Å². The third kappa shape index (κ3) is 3.37. The Bertz CT molecular complexity index is 526. The molecule has 6 heteroatoms. The number of fused-ring (bicyclic) bond motifs is 1. The second-order valence-corrected chi connectivity index (χ2v) is 8.01. The van der Waals surface area contributed by atoms with E-state index < -0.39 is 16.1 Å². The fraction of sp³-hybridized carbons (Fsp3) is 0.462. The summed E-state index contributed by atoms with van der Waals surface area (Å²) in [6.07, 6.45) is 0.603. The molecule has 1 atom stereocenters. The molecule has 3 nitrogen and oxygen atoms in total. The van der Waals surface area contributed by atoms with Gasteiger partial charge >= 0.3 is 0 Å². The van der Waals surface area contributed by atoms with Gasteiger partial charge in [-0.15, -0.1) is 0 Å². The minimum atomic E-state index is -1.31. The predicted octanol–water partition coefficient (Wildman–Crippen LogP) is 4.03. The summed E-state index contributed by atoms with van der Waals surface area (Å²) < 4.78 is 21.6. The molecule has 1 aromatic rings. The lowest BCUT2D eigenvalue weighted by Gasteiger charge is -2.23. The molecule has 2 rings (SSSR count). The number of ether oxygens (including phenoxy) is 1. The molecule has 0 amide bonds. The van der Waals surface area contributed by atoms with Crippen LogP contribution in [0.25, 0.3) is 0 Å². The Labute approximate surface area is 126 Å². The fourth-order valence-corrected chi connectivity index (χ4v) is 2.85. The molecule has 0 N–H and O–H groups in total. The molecule has 0 aliphatic carbocycles. The SMILES string of the molecule is CC(C)(C)[S+]([O-])N=C1CCOc2c(Cl)cc(Cl)cc21. The first-order chi connectivity index (χ1) is 8.79. The van der Waals surface area contributed by atoms with Crippen molar-refractivity contribution in [1.29, 1.82) is 0 Å². The summed E-state index contributed by atoms with van der Waals surface area (Å²) in [5.74, 6) is 0.571. The lowest BCUT2D eigenvalue weighted by atomic mass is 10.0. The maximum atomic E-state index is 12.1. The highest BCUT2D eigenvalue weighted by Gasteiger charge is 2.29. The molecule has 19 heavy (non-hydrogen) atoms. The average molecular weight is 320 g/mol. The van der Waals surface area contributed by atoms with Crippen molar-refractivity contribution in [3.8, 4) is 5.75 Å². The molecule has 0 spiro atoms. The molecule has 0 saturated carbocycles. The number of hydrogen-bond acceptors (Lipinski definition) is 3. The van der Waals surface area contributed by atoms with Gasteiger partial charge in [0.05, 0.1) is 11.6 Å². The number of hydrogen-bond donors (Lipinski definition) is 0. The van der Waals surface area contributed by atoms with E-state index in [2.05, 4.69) is 4.40 Å². The molecule has 104 valence electrons. The van der Waals surface area contributed by atoms with Crippen molar-refractivity contribution < 1.29 is 9.29 Å². The Kier molecular flexibility index (Phi) is 4.35. The van der Waals surface area contributed by atoms with Gasteiger partial charge in [-0.05, 0) is 32.9 Å². The largest absolute Gasteiger partial charge is 0.591 e. The van der Waals surface area contributed by atoms with E-state index in [1.807, 2.05) is 20.8 Å². The first-order valence-corrected chi connectivity index (χ1v) is 7.77. The summed E-state index contributed by atoms with van der Waals surface area (Å²) in [5.41, 5.74) is 1.47. The van der Waals surface area contributed by atoms with Gasteiger partial charge in [-0.2, -0.15) is 0 Å². The Morgan fingerprint density at radius 1 is 1.32 bits per heavy atom. The maximum Gasteiger partial charge on any atom is 0.147 e. The third-order valence-electron chi connectivity index (χ3n) is 2.62. The van der Waals surface area contributed by atoms with E-state index in [0.29, 0.717) is 28.8 Å². The van der Waals surface area contributed by atoms with E-state index in [1.54, 1.807) is 12.1 Å². The molecular weight excluding hydrogens is 305 g/mol. The molecule has 0 aromatic heterocycles. The van der Waals surface area contributed by atoms with Crippen molar-refractivity contribution >= 4 is 40.3 Å². The van der Waals surface area contributed by atoms with Crippen LogP contribution >= 0.6 is 23.2 Å². The van der Waals surface area contributed by atoms with Crippen LogP contribution in [-0.2, 0) is 11.4 Å². The van der Waals surface area contributed by atoms with Crippen LogP contribution < -0.4 is 4.74 Å². The van der Waals surface area contributed by atoms with Gasteiger partial charge in [0.2, 0.25) is 0 Å². The lowest BCUT2D eigenvalue weighted by Crippen LogP contribution is -2.28. The molecule has 1 unspecified atom stereocenters. The number of rotatable bonds is 1. The minimum absolute atomic E-state index is 0.395. The lowest BCUT2D eigenvalue weighted by molar-refractivity contribution is 0.321. The summed E-state index contributed by atoms with van der Waals surface area (Å²) in [6, 6.07) is 3.38. The second-order valence-electron chi connectivity index (χ2n) is 5.26. The van der Waals surface area contributed by atoms with Gasteiger partial charge in [-0.3, -0.25) is 0 Å². The fourth-order valence-electron chi connectivity index (χ4n) is 1.64. The maximum absolute atomic E-state index is 12.1. The molecule has 0 radical (unpaired) electrons. The number of nitrogens with zero attached hydrogens (tertiary/aromatic N) is 1. The van der Waals surface area contributed by atoms with E-state index in [-0.39, 0.29) is 0 Å². The van der Waals surface area contributed by atoms with Crippen LogP contribution in [-0.4, -0.2) is 21.6 Å². The number of halogens is 2. The monoisotopic (exact) mass is 319 g/mol. The Hall–Kier alpha value is -0.420. The van der Waals surface area contributed by atoms with Crippen LogP contribution in [0.4, 0.5) is 0 Å². The van der Waals surface area contributed by atoms with Crippen LogP contribution in [0.15, 0.2) is 16.5 Å². The van der Waals surface area contributed by atoms with Crippen LogP contribution in [0.2, 0.25) is 10.0 Å². The molecule has 0 fully saturated rings. The van der Waals surface area contributed by atoms with Gasteiger partial charge in [0.15, 0.2) is 0 Å². The number of benzene rings is 1. The van der Waals surface area contributed by atoms with Gasteiger partial charge in [-0.1, -0.05) is 27.6 Å². The first-order valence-electron chi connectivity index (χ1n) is 5.91. The Morgan fingerprint density at radius 3 is 2.63 bits per heavy atom. The van der Waals surface area contributed by atoms with Crippen LogP contribution in [0.3, 0.4) is 0 Å². The second kappa shape index (κ2) is 5.52. The van der Waals surface area contributed by atoms with Gasteiger partial charge in [0, 0.05) is 17.0 Å². The summed E-state index contributed by atoms with van der Waals surface area (Å²) in [7, 11) is 0. The first kappa shape index (κ1) is 15.0. The van der Waals surface area contributed by atoms with Gasteiger partial charge in [0.25, 0.3) is 0 Å². The molecule has 0 bridgehead atoms. The zero-order valence-electron chi connectivity index (χ0n) is 11.0. The molecule has 1 aliphatic rings. The highest BCUT2D eigenvalue weighted by molar-refractivity contribution is 7.91. The Balaban J connectivity index is 2.45. The minimum Gasteiger partial charge on any atom is -0.591 e. The van der Waals surface area contributed by atoms with Gasteiger partial charge in [0.1, 0.15) is 27.6 Å². The van der Waals surface area contributed by atoms with Crippen molar-refractivity contribution in [2.24, 2.45) is 4.40 Å². The third-order valence-corrected chi connectivity index (χ3v) is 4.55. The van der Waals surface area contributed by atoms with E-state index >= 15 is 0 Å². The topological polar surface area (TPSA) is 44.7 Å². The molecule has 0 saturated heterocycles. The van der Waals surface area contributed by atoms with Crippen molar-refractivity contribution in [3.05, 3.63) is 27.7 Å². The van der Waals surface area contributed by atoms with Crippen molar-refractivity contribution in [2.75, 3.05) is 6.61 Å². The zero-order valence-corrected chi connectivity index (χ0v) is 13.3. The quantitative estimate of drug-likeness (QED) is 0.733. The smallest absolute Gasteiger partial charge is 0.147 e. The highest BCUT2D eigenvalue weighted by Crippen LogP contribution is 2.36. The summed E-state index contributed by atoms with van der Waals surface area (Å²) in [4.78, 5) is 0. The van der Waals surface area contributed by atoms with Crippen molar-refractivity contribution in [3.63, 3.8) is 0 Å². The normalized spacial score (nSPS) is 18.9. The summed E-state index contributed by atoms with van der Waals surface area (Å²) in [5, 5.41) is 0.972. The van der Waals surface area contributed by atoms with Crippen molar-refractivity contribution in [1.82, 2.24) is 0 Å². The van der Waals surface area contributed by atoms with E-state index in [0.717, 1.165) is 11.3 Å². The van der Waals surface area contributed by atoms with Crippen LogP contribution in [0.1, 0.15) is 32.8 Å². The molecular formula is C13H15Cl2NO2S.